The molecule has 5 aliphatic rings. The van der Waals surface area contributed by atoms with E-state index in [0.29, 0.717) is 87.9 Å². The van der Waals surface area contributed by atoms with E-state index in [1.54, 1.807) is 63.7 Å². The molecule has 4 amide bonds. The SMILES string of the molecule is CCCCc1n[nH]c2c1C(C)(C)CN(C(=O)N1CCOC(CCCCc3n[nH]c4c3C(C)(C)CN(C(=O)C3CCC(CCCCc5n[nH]c6c5C(C)(C)CN(C(=O)c5ccc(F)c(F)c5)C=C6C(=O)OC(C)C)CC3)C=C4C(=O)OC(C)C)C1)C=C2C(=O)OC(C)C. The van der Waals surface area contributed by atoms with Gasteiger partial charge in [-0.1, -0.05) is 74.1 Å². The van der Waals surface area contributed by atoms with Crippen LogP contribution < -0.4 is 0 Å². The van der Waals surface area contributed by atoms with Gasteiger partial charge in [0.15, 0.2) is 11.6 Å². The maximum Gasteiger partial charge on any atom is 0.342 e. The molecule has 1 aromatic carbocycles. The highest BCUT2D eigenvalue weighted by atomic mass is 19.2. The molecule has 3 aromatic heterocycles. The van der Waals surface area contributed by atoms with Gasteiger partial charge >= 0.3 is 23.9 Å². The number of nitrogens with zero attached hydrogens (tertiary/aromatic N) is 7. The van der Waals surface area contributed by atoms with Crippen molar-refractivity contribution in [2.75, 3.05) is 39.3 Å². The van der Waals surface area contributed by atoms with E-state index in [2.05, 4.69) is 55.0 Å². The average molecular weight is 1280 g/mol. The van der Waals surface area contributed by atoms with E-state index in [9.17, 15) is 37.5 Å². The molecule has 0 bridgehead atoms. The molecule has 92 heavy (non-hydrogen) atoms. The Morgan fingerprint density at radius 2 is 1.03 bits per heavy atom. The summed E-state index contributed by atoms with van der Waals surface area (Å²) in [6, 6.07) is 2.79. The van der Waals surface area contributed by atoms with Gasteiger partial charge in [-0.15, -0.1) is 0 Å². The maximum absolute atomic E-state index is 14.8. The van der Waals surface area contributed by atoms with Gasteiger partial charge in [0.25, 0.3) is 5.91 Å². The van der Waals surface area contributed by atoms with Gasteiger partial charge in [-0.2, -0.15) is 15.3 Å². The lowest BCUT2D eigenvalue weighted by molar-refractivity contribution is -0.141. The highest BCUT2D eigenvalue weighted by molar-refractivity contribution is 6.18. The summed E-state index contributed by atoms with van der Waals surface area (Å²) >= 11 is 0. The number of urea groups is 1. The van der Waals surface area contributed by atoms with Crippen LogP contribution in [0.25, 0.3) is 16.7 Å². The minimum Gasteiger partial charge on any atom is -0.459 e. The number of carbonyl (C=O) groups is 6. The molecule has 1 aliphatic carbocycles. The van der Waals surface area contributed by atoms with Crippen LogP contribution in [0.2, 0.25) is 0 Å². The molecule has 9 rings (SSSR count). The standard InChI is InChI=1S/C70H96F2N10O10/c1-14-15-22-53-56-61(78-73-53)50(66(87)92-43(6)7)37-82(40-70(56,12)13)67(88)79-31-32-89-47(34-79)21-17-19-24-55-58-59(76-75-55)48(64(85)90-41(2)3)35-80(38-68(58,8)9)62(83)45-27-25-44(26-28-45)20-16-18-23-54-57-60(77-74-54)49(65(86)91-42(4)5)36-81(39-69(57,10)11)63(84)46-29-30-51(71)52(72)33-46/h29-30,33,35-37,41-45,47H,14-28,31-32,34,38-40H2,1-13H3,(H,73,78)(H,74,77)(H,75,76). The largest absolute Gasteiger partial charge is 0.459 e. The first-order valence-electron chi connectivity index (χ1n) is 33.3. The first kappa shape index (κ1) is 68.9. The highest BCUT2D eigenvalue weighted by Crippen LogP contribution is 2.43. The molecule has 2 fully saturated rings. The Labute approximate surface area is 540 Å². The number of esters is 3. The molecule has 22 heteroatoms. The smallest absolute Gasteiger partial charge is 0.342 e. The van der Waals surface area contributed by atoms with Crippen molar-refractivity contribution in [2.45, 2.75) is 227 Å². The van der Waals surface area contributed by atoms with Crippen molar-refractivity contribution >= 4 is 52.5 Å². The van der Waals surface area contributed by atoms with E-state index in [0.717, 1.165) is 110 Å². The topological polar surface area (TPSA) is 238 Å². The Bertz CT molecular complexity index is 3470. The summed E-state index contributed by atoms with van der Waals surface area (Å²) in [6.45, 7) is 27.1. The number of ether oxygens (including phenoxy) is 4. The predicted molar refractivity (Wildman–Crippen MR) is 344 cm³/mol. The molecule has 20 nitrogen and oxygen atoms in total. The molecular weight excluding hydrogens is 1180 g/mol. The Morgan fingerprint density at radius 3 is 1.51 bits per heavy atom. The van der Waals surface area contributed by atoms with Crippen LogP contribution in [0, 0.1) is 23.5 Å². The van der Waals surface area contributed by atoms with Crippen LogP contribution in [0.5, 0.6) is 0 Å². The third kappa shape index (κ3) is 15.6. The lowest BCUT2D eigenvalue weighted by Crippen LogP contribution is -2.51. The van der Waals surface area contributed by atoms with Gasteiger partial charge in [0.1, 0.15) is 16.7 Å². The van der Waals surface area contributed by atoms with Crippen LogP contribution in [0.15, 0.2) is 36.8 Å². The number of aryl methyl sites for hydroxylation is 3. The summed E-state index contributed by atoms with van der Waals surface area (Å²) in [5.41, 5.74) is 5.47. The normalized spacial score (nSPS) is 20.3. The van der Waals surface area contributed by atoms with Crippen molar-refractivity contribution in [3.63, 3.8) is 0 Å². The zero-order valence-electron chi connectivity index (χ0n) is 56.2. The molecule has 1 saturated carbocycles. The fraction of sp³-hybridized carbons (Fsp3) is 0.614. The number of aromatic amines is 3. The average Bonchev–Trinajstić information content (AvgIpc) is 1.63. The van der Waals surface area contributed by atoms with Crippen LogP contribution in [0.3, 0.4) is 0 Å². The van der Waals surface area contributed by atoms with Crippen molar-refractivity contribution in [1.82, 2.24) is 50.2 Å². The van der Waals surface area contributed by atoms with E-state index in [1.165, 1.54) is 17.2 Å². The van der Waals surface area contributed by atoms with Crippen LogP contribution in [0.1, 0.15) is 228 Å². The van der Waals surface area contributed by atoms with Crippen molar-refractivity contribution < 1.29 is 56.5 Å². The third-order valence-electron chi connectivity index (χ3n) is 18.4. The molecule has 0 spiro atoms. The van der Waals surface area contributed by atoms with E-state index >= 15 is 0 Å². The predicted octanol–water partition coefficient (Wildman–Crippen LogP) is 12.0. The van der Waals surface area contributed by atoms with Gasteiger partial charge in [0.2, 0.25) is 5.91 Å². The van der Waals surface area contributed by atoms with E-state index in [1.807, 2.05) is 18.7 Å². The van der Waals surface area contributed by atoms with Gasteiger partial charge in [-0.25, -0.2) is 28.0 Å². The third-order valence-corrected chi connectivity index (χ3v) is 18.4. The van der Waals surface area contributed by atoms with E-state index < -0.39 is 63.9 Å². The van der Waals surface area contributed by atoms with Crippen LogP contribution in [-0.4, -0.2) is 150 Å². The number of nitrogens with one attached hydrogen (secondary N) is 3. The molecule has 1 unspecified atom stereocenters. The van der Waals surface area contributed by atoms with Gasteiger partial charge in [-0.3, -0.25) is 29.8 Å². The van der Waals surface area contributed by atoms with Crippen molar-refractivity contribution in [1.29, 1.82) is 0 Å². The molecule has 0 radical (unpaired) electrons. The lowest BCUT2D eigenvalue weighted by Gasteiger charge is -2.37. The van der Waals surface area contributed by atoms with Crippen LogP contribution in [-0.2, 0) is 73.6 Å². The molecule has 3 N–H and O–H groups in total. The number of rotatable bonds is 21. The molecule has 500 valence electrons. The number of fused-ring (bicyclic) bond motifs is 3. The molecule has 4 aliphatic heterocycles. The number of morpholine rings is 1. The number of unbranched alkanes of at least 4 members (excludes halogenated alkanes) is 3. The van der Waals surface area contributed by atoms with Gasteiger partial charge in [0, 0.05) is 95.7 Å². The highest BCUT2D eigenvalue weighted by Gasteiger charge is 2.44. The fourth-order valence-corrected chi connectivity index (χ4v) is 14.2. The van der Waals surface area contributed by atoms with Gasteiger partial charge in [-0.05, 0) is 136 Å². The summed E-state index contributed by atoms with van der Waals surface area (Å²) in [5.74, 6) is -4.32. The minimum atomic E-state index is -1.15. The minimum absolute atomic E-state index is 0.0170. The Morgan fingerprint density at radius 1 is 0.587 bits per heavy atom. The number of hydrogen-bond donors (Lipinski definition) is 3. The Kier molecular flexibility index (Phi) is 21.6. The molecule has 4 aromatic rings. The van der Waals surface area contributed by atoms with Gasteiger partial charge in [0.05, 0.1) is 65.2 Å². The van der Waals surface area contributed by atoms with Crippen LogP contribution >= 0.6 is 0 Å². The quantitative estimate of drug-likeness (QED) is 0.0400. The monoisotopic (exact) mass is 1270 g/mol. The number of H-pyrrole nitrogens is 3. The number of aromatic nitrogens is 6. The summed E-state index contributed by atoms with van der Waals surface area (Å²) in [7, 11) is 0. The Hall–Kier alpha value is -7.49. The number of carbonyl (C=O) groups excluding carboxylic acids is 6. The summed E-state index contributed by atoms with van der Waals surface area (Å²) < 4.78 is 51.6. The Balaban J connectivity index is 0.796. The summed E-state index contributed by atoms with van der Waals surface area (Å²) in [5, 5.41) is 23.6. The molecule has 1 atom stereocenters. The summed E-state index contributed by atoms with van der Waals surface area (Å²) in [6.07, 6.45) is 15.3. The number of hydrogen-bond acceptors (Lipinski definition) is 13. The van der Waals surface area contributed by atoms with E-state index in [-0.39, 0.29) is 58.9 Å². The maximum atomic E-state index is 14.8. The second-order valence-corrected chi connectivity index (χ2v) is 28.6. The van der Waals surface area contributed by atoms with Crippen molar-refractivity contribution in [3.8, 4) is 0 Å². The lowest BCUT2D eigenvalue weighted by atomic mass is 9.78. The van der Waals surface area contributed by atoms with Gasteiger partial charge < -0.3 is 33.6 Å². The molecule has 1 saturated heterocycles. The van der Waals surface area contributed by atoms with Crippen molar-refractivity contribution in [3.05, 3.63) is 105 Å². The molecular formula is C70H96F2N10O10. The number of halogens is 2. The van der Waals surface area contributed by atoms with Crippen molar-refractivity contribution in [2.24, 2.45) is 11.8 Å². The first-order chi connectivity index (χ1) is 43.6. The fourth-order valence-electron chi connectivity index (χ4n) is 14.2. The molecule has 7 heterocycles. The zero-order chi connectivity index (χ0) is 66.6. The first-order valence-corrected chi connectivity index (χ1v) is 33.3. The van der Waals surface area contributed by atoms with E-state index in [4.69, 9.17) is 29.1 Å². The summed E-state index contributed by atoms with van der Waals surface area (Å²) in [4.78, 5) is 91.2. The number of amides is 4. The second-order valence-electron chi connectivity index (χ2n) is 28.6. The van der Waals surface area contributed by atoms with Crippen LogP contribution in [0.4, 0.5) is 13.6 Å². The second kappa shape index (κ2) is 28.8. The zero-order valence-corrected chi connectivity index (χ0v) is 56.2. The number of benzene rings is 1.